The van der Waals surface area contributed by atoms with Crippen molar-refractivity contribution >= 4 is 17.7 Å². The van der Waals surface area contributed by atoms with E-state index in [-0.39, 0.29) is 0 Å². The van der Waals surface area contributed by atoms with Crippen LogP contribution in [0.4, 0.5) is 10.5 Å². The average molecular weight is 291 g/mol. The van der Waals surface area contributed by atoms with E-state index in [0.29, 0.717) is 24.9 Å². The SMILES string of the molecule is CC(C)(C)OC(=O)Nc1cccc(CC2(C(=O)O)CC2)c1. The Morgan fingerprint density at radius 1 is 1.33 bits per heavy atom. The monoisotopic (exact) mass is 291 g/mol. The molecule has 0 saturated heterocycles. The molecular formula is C16H21NO4. The van der Waals surface area contributed by atoms with Gasteiger partial charge in [-0.2, -0.15) is 0 Å². The first-order valence-corrected chi connectivity index (χ1v) is 7.03. The van der Waals surface area contributed by atoms with E-state index in [1.165, 1.54) is 0 Å². The highest BCUT2D eigenvalue weighted by molar-refractivity contribution is 5.85. The largest absolute Gasteiger partial charge is 0.481 e. The second-order valence-electron chi connectivity index (χ2n) is 6.59. The number of aliphatic carboxylic acids is 1. The van der Waals surface area contributed by atoms with Gasteiger partial charge >= 0.3 is 12.1 Å². The third-order valence-electron chi connectivity index (χ3n) is 3.42. The van der Waals surface area contributed by atoms with Gasteiger partial charge in [-0.3, -0.25) is 10.1 Å². The summed E-state index contributed by atoms with van der Waals surface area (Å²) in [7, 11) is 0. The lowest BCUT2D eigenvalue weighted by Gasteiger charge is -2.20. The van der Waals surface area contributed by atoms with E-state index in [1.54, 1.807) is 39.0 Å². The molecule has 0 spiro atoms. The number of hydrogen-bond acceptors (Lipinski definition) is 3. The number of carbonyl (C=O) groups is 2. The van der Waals surface area contributed by atoms with Gasteiger partial charge in [-0.15, -0.1) is 0 Å². The second-order valence-corrected chi connectivity index (χ2v) is 6.59. The van der Waals surface area contributed by atoms with Crippen LogP contribution in [0, 0.1) is 5.41 Å². The van der Waals surface area contributed by atoms with Crippen molar-refractivity contribution in [1.29, 1.82) is 0 Å². The summed E-state index contributed by atoms with van der Waals surface area (Å²) in [6, 6.07) is 7.24. The van der Waals surface area contributed by atoms with Gasteiger partial charge in [0.1, 0.15) is 5.60 Å². The number of carbonyl (C=O) groups excluding carboxylic acids is 1. The fourth-order valence-electron chi connectivity index (χ4n) is 2.19. The highest BCUT2D eigenvalue weighted by Crippen LogP contribution is 2.48. The van der Waals surface area contributed by atoms with Crippen molar-refractivity contribution in [1.82, 2.24) is 0 Å². The van der Waals surface area contributed by atoms with Gasteiger partial charge in [-0.25, -0.2) is 4.79 Å². The molecule has 0 aromatic heterocycles. The van der Waals surface area contributed by atoms with Crippen LogP contribution in [0.1, 0.15) is 39.2 Å². The highest BCUT2D eigenvalue weighted by atomic mass is 16.6. The summed E-state index contributed by atoms with van der Waals surface area (Å²) < 4.78 is 5.19. The molecule has 5 heteroatoms. The van der Waals surface area contributed by atoms with Crippen molar-refractivity contribution in [3.05, 3.63) is 29.8 Å². The fourth-order valence-corrected chi connectivity index (χ4v) is 2.19. The molecule has 1 aromatic carbocycles. The molecule has 2 N–H and O–H groups in total. The van der Waals surface area contributed by atoms with Crippen molar-refractivity contribution in [2.45, 2.75) is 45.6 Å². The van der Waals surface area contributed by atoms with Crippen LogP contribution in [-0.4, -0.2) is 22.8 Å². The Morgan fingerprint density at radius 3 is 2.52 bits per heavy atom. The topological polar surface area (TPSA) is 75.6 Å². The molecule has 1 saturated carbocycles. The molecular weight excluding hydrogens is 270 g/mol. The molecule has 0 heterocycles. The van der Waals surface area contributed by atoms with Crippen LogP contribution < -0.4 is 5.32 Å². The summed E-state index contributed by atoms with van der Waals surface area (Å²) in [5.41, 5.74) is 0.361. The van der Waals surface area contributed by atoms with Gasteiger partial charge in [0, 0.05) is 5.69 Å². The second kappa shape index (κ2) is 5.39. The zero-order chi connectivity index (χ0) is 15.7. The van der Waals surface area contributed by atoms with Gasteiger partial charge in [0.25, 0.3) is 0 Å². The minimum atomic E-state index is -0.743. The van der Waals surface area contributed by atoms with Crippen molar-refractivity contribution < 1.29 is 19.4 Å². The molecule has 1 aromatic rings. The van der Waals surface area contributed by atoms with Crippen LogP contribution in [0.25, 0.3) is 0 Å². The number of carboxylic acid groups (broad SMARTS) is 1. The van der Waals surface area contributed by atoms with Gasteiger partial charge in [-0.05, 0) is 57.7 Å². The van der Waals surface area contributed by atoms with E-state index < -0.39 is 23.1 Å². The zero-order valence-corrected chi connectivity index (χ0v) is 12.6. The maximum atomic E-state index is 11.7. The molecule has 2 rings (SSSR count). The third kappa shape index (κ3) is 4.21. The van der Waals surface area contributed by atoms with Crippen molar-refractivity contribution in [2.24, 2.45) is 5.41 Å². The number of hydrogen-bond donors (Lipinski definition) is 2. The van der Waals surface area contributed by atoms with Gasteiger partial charge in [0.05, 0.1) is 5.41 Å². The Hall–Kier alpha value is -2.04. The van der Waals surface area contributed by atoms with E-state index in [0.717, 1.165) is 5.56 Å². The molecule has 1 fully saturated rings. The summed E-state index contributed by atoms with van der Waals surface area (Å²) in [5.74, 6) is -0.743. The van der Waals surface area contributed by atoms with Crippen molar-refractivity contribution in [2.75, 3.05) is 5.32 Å². The van der Waals surface area contributed by atoms with Gasteiger partial charge in [-0.1, -0.05) is 12.1 Å². The predicted octanol–water partition coefficient (Wildman–Crippen LogP) is 3.44. The van der Waals surface area contributed by atoms with Crippen LogP contribution in [0.2, 0.25) is 0 Å². The normalized spacial score (nSPS) is 16.1. The van der Waals surface area contributed by atoms with Gasteiger partial charge in [0.15, 0.2) is 0 Å². The Labute approximate surface area is 124 Å². The molecule has 0 unspecified atom stereocenters. The Bertz CT molecular complexity index is 556. The maximum absolute atomic E-state index is 11.7. The fraction of sp³-hybridized carbons (Fsp3) is 0.500. The smallest absolute Gasteiger partial charge is 0.412 e. The third-order valence-corrected chi connectivity index (χ3v) is 3.42. The first kappa shape index (κ1) is 15.4. The molecule has 5 nitrogen and oxygen atoms in total. The van der Waals surface area contributed by atoms with E-state index in [4.69, 9.17) is 4.74 Å². The minimum Gasteiger partial charge on any atom is -0.481 e. The van der Waals surface area contributed by atoms with Crippen LogP contribution >= 0.6 is 0 Å². The van der Waals surface area contributed by atoms with E-state index >= 15 is 0 Å². The first-order valence-electron chi connectivity index (χ1n) is 7.03. The maximum Gasteiger partial charge on any atom is 0.412 e. The molecule has 0 radical (unpaired) electrons. The Kier molecular flexibility index (Phi) is 3.94. The van der Waals surface area contributed by atoms with Crippen LogP contribution in [0.3, 0.4) is 0 Å². The molecule has 1 aliphatic rings. The summed E-state index contributed by atoms with van der Waals surface area (Å²) in [4.78, 5) is 22.9. The van der Waals surface area contributed by atoms with Crippen LogP contribution in [-0.2, 0) is 16.0 Å². The standard InChI is InChI=1S/C16H21NO4/c1-15(2,3)21-14(20)17-12-6-4-5-11(9-12)10-16(7-8-16)13(18)19/h4-6,9H,7-8,10H2,1-3H3,(H,17,20)(H,18,19). The van der Waals surface area contributed by atoms with Gasteiger partial charge < -0.3 is 9.84 Å². The molecule has 1 aliphatic carbocycles. The highest BCUT2D eigenvalue weighted by Gasteiger charge is 2.49. The van der Waals surface area contributed by atoms with E-state index in [2.05, 4.69) is 5.32 Å². The summed E-state index contributed by atoms with van der Waals surface area (Å²) in [5, 5.41) is 11.9. The predicted molar refractivity (Wildman–Crippen MR) is 79.3 cm³/mol. The first-order chi connectivity index (χ1) is 9.70. The van der Waals surface area contributed by atoms with Crippen LogP contribution in [0.5, 0.6) is 0 Å². The summed E-state index contributed by atoms with van der Waals surface area (Å²) in [6.07, 6.45) is 1.41. The van der Waals surface area contributed by atoms with E-state index in [9.17, 15) is 14.7 Å². The molecule has 114 valence electrons. The quantitative estimate of drug-likeness (QED) is 0.891. The number of amides is 1. The van der Waals surface area contributed by atoms with E-state index in [1.807, 2.05) is 6.07 Å². The van der Waals surface area contributed by atoms with Gasteiger partial charge in [0.2, 0.25) is 0 Å². The van der Waals surface area contributed by atoms with Crippen molar-refractivity contribution in [3.8, 4) is 0 Å². The number of ether oxygens (including phenoxy) is 1. The molecule has 21 heavy (non-hydrogen) atoms. The molecule has 0 bridgehead atoms. The zero-order valence-electron chi connectivity index (χ0n) is 12.6. The number of carboxylic acids is 1. The summed E-state index contributed by atoms with van der Waals surface area (Å²) >= 11 is 0. The lowest BCUT2D eigenvalue weighted by Crippen LogP contribution is -2.27. The van der Waals surface area contributed by atoms with Crippen LogP contribution in [0.15, 0.2) is 24.3 Å². The Balaban J connectivity index is 2.01. The van der Waals surface area contributed by atoms with Crippen molar-refractivity contribution in [3.63, 3.8) is 0 Å². The lowest BCUT2D eigenvalue weighted by molar-refractivity contribution is -0.143. The summed E-state index contributed by atoms with van der Waals surface area (Å²) in [6.45, 7) is 5.39. The minimum absolute atomic E-state index is 0.492. The number of rotatable bonds is 4. The lowest BCUT2D eigenvalue weighted by atomic mass is 9.96. The number of anilines is 1. The average Bonchev–Trinajstić information content (AvgIpc) is 3.07. The molecule has 0 atom stereocenters. The molecule has 0 aliphatic heterocycles. The Morgan fingerprint density at radius 2 is 2.00 bits per heavy atom. The number of nitrogens with one attached hydrogen (secondary N) is 1. The molecule has 1 amide bonds. The number of benzene rings is 1.